The third-order valence-corrected chi connectivity index (χ3v) is 4.64. The molecule has 0 unspecified atom stereocenters. The van der Waals surface area contributed by atoms with E-state index in [4.69, 9.17) is 4.74 Å². The van der Waals surface area contributed by atoms with Crippen molar-refractivity contribution in [3.8, 4) is 6.07 Å². The maximum Gasteiger partial charge on any atom is 0.410 e. The Balaban J connectivity index is 1.90. The highest BCUT2D eigenvalue weighted by Gasteiger charge is 2.27. The molecule has 2 aliphatic rings. The Morgan fingerprint density at radius 2 is 1.39 bits per heavy atom. The zero-order valence-corrected chi connectivity index (χ0v) is 17.1. The number of hydrogen-bond donors (Lipinski definition) is 0. The van der Waals surface area contributed by atoms with Gasteiger partial charge in [0.2, 0.25) is 5.91 Å². The van der Waals surface area contributed by atoms with Gasteiger partial charge >= 0.3 is 6.09 Å². The molecule has 0 bridgehead atoms. The summed E-state index contributed by atoms with van der Waals surface area (Å²) in [7, 11) is 0. The maximum absolute atomic E-state index is 12.6. The van der Waals surface area contributed by atoms with E-state index in [1.54, 1.807) is 20.9 Å². The zero-order valence-electron chi connectivity index (χ0n) is 17.1. The van der Waals surface area contributed by atoms with Crippen molar-refractivity contribution in [2.45, 2.75) is 33.3 Å². The number of amides is 3. The largest absolute Gasteiger partial charge is 0.444 e. The Morgan fingerprint density at radius 1 is 0.893 bits per heavy atom. The number of carbonyl (C=O) groups excluding carboxylic acids is 3. The molecule has 2 heterocycles. The summed E-state index contributed by atoms with van der Waals surface area (Å²) in [6.07, 6.45) is 1.22. The van der Waals surface area contributed by atoms with Gasteiger partial charge in [0.25, 0.3) is 5.91 Å². The standard InChI is InChI=1S/C19H29N5O4/c1-15(25)22-9-11-23(12-10-22)17(26)16(13-20)14-21-5-7-24(8-6-21)18(27)28-19(2,3)4/h14H,5-12H2,1-4H3/b16-14-. The fraction of sp³-hybridized carbons (Fsp3) is 0.684. The summed E-state index contributed by atoms with van der Waals surface area (Å²) < 4.78 is 5.37. The first kappa shape index (κ1) is 21.5. The lowest BCUT2D eigenvalue weighted by Crippen LogP contribution is -2.51. The number of nitrogens with zero attached hydrogens (tertiary/aromatic N) is 5. The van der Waals surface area contributed by atoms with Gasteiger partial charge in [-0.15, -0.1) is 0 Å². The van der Waals surface area contributed by atoms with Gasteiger partial charge < -0.3 is 24.3 Å². The molecule has 0 aromatic carbocycles. The Kier molecular flexibility index (Phi) is 6.89. The summed E-state index contributed by atoms with van der Waals surface area (Å²) in [6, 6.07) is 1.99. The van der Waals surface area contributed by atoms with Crippen molar-refractivity contribution in [3.05, 3.63) is 11.8 Å². The molecular formula is C19H29N5O4. The molecule has 2 fully saturated rings. The molecule has 0 saturated carbocycles. The van der Waals surface area contributed by atoms with Gasteiger partial charge in [0.05, 0.1) is 0 Å². The van der Waals surface area contributed by atoms with E-state index in [0.29, 0.717) is 52.4 Å². The lowest BCUT2D eigenvalue weighted by atomic mass is 10.2. The minimum atomic E-state index is -0.541. The Hall–Kier alpha value is -2.76. The van der Waals surface area contributed by atoms with Gasteiger partial charge in [-0.05, 0) is 20.8 Å². The van der Waals surface area contributed by atoms with Gasteiger partial charge in [-0.1, -0.05) is 0 Å². The summed E-state index contributed by atoms with van der Waals surface area (Å²) >= 11 is 0. The molecule has 0 radical (unpaired) electrons. The number of hydrogen-bond acceptors (Lipinski definition) is 6. The van der Waals surface area contributed by atoms with Gasteiger partial charge in [-0.2, -0.15) is 5.26 Å². The predicted molar refractivity (Wildman–Crippen MR) is 102 cm³/mol. The molecule has 0 atom stereocenters. The molecule has 2 aliphatic heterocycles. The van der Waals surface area contributed by atoms with Crippen molar-refractivity contribution < 1.29 is 19.1 Å². The lowest BCUT2D eigenvalue weighted by molar-refractivity contribution is -0.136. The smallest absolute Gasteiger partial charge is 0.410 e. The molecule has 28 heavy (non-hydrogen) atoms. The summed E-state index contributed by atoms with van der Waals surface area (Å²) in [4.78, 5) is 42.9. The fourth-order valence-corrected chi connectivity index (χ4v) is 3.07. The van der Waals surface area contributed by atoms with Crippen molar-refractivity contribution in [2.75, 3.05) is 52.4 Å². The van der Waals surface area contributed by atoms with Crippen LogP contribution in [0.1, 0.15) is 27.7 Å². The number of piperazine rings is 2. The van der Waals surface area contributed by atoms with Crippen LogP contribution in [0.25, 0.3) is 0 Å². The van der Waals surface area contributed by atoms with Crippen LogP contribution in [-0.2, 0) is 14.3 Å². The molecule has 2 rings (SSSR count). The van der Waals surface area contributed by atoms with Crippen LogP contribution in [0, 0.1) is 11.3 Å². The third-order valence-electron chi connectivity index (χ3n) is 4.64. The quantitative estimate of drug-likeness (QED) is 0.506. The van der Waals surface area contributed by atoms with Gasteiger partial charge in [-0.3, -0.25) is 9.59 Å². The van der Waals surface area contributed by atoms with E-state index in [1.165, 1.54) is 6.92 Å². The van der Waals surface area contributed by atoms with Crippen LogP contribution in [0.3, 0.4) is 0 Å². The zero-order chi connectivity index (χ0) is 20.9. The summed E-state index contributed by atoms with van der Waals surface area (Å²) in [5.74, 6) is -0.328. The van der Waals surface area contributed by atoms with E-state index in [2.05, 4.69) is 0 Å². The molecule has 0 aliphatic carbocycles. The van der Waals surface area contributed by atoms with Crippen molar-refractivity contribution in [1.82, 2.24) is 19.6 Å². The first-order chi connectivity index (χ1) is 13.1. The number of ether oxygens (including phenoxy) is 1. The van der Waals surface area contributed by atoms with E-state index in [-0.39, 0.29) is 23.5 Å². The topological polar surface area (TPSA) is 97.2 Å². The van der Waals surface area contributed by atoms with Gasteiger partial charge in [0, 0.05) is 65.5 Å². The molecule has 0 aromatic heterocycles. The number of carbonyl (C=O) groups is 3. The van der Waals surface area contributed by atoms with E-state index in [1.807, 2.05) is 31.7 Å². The number of rotatable bonds is 2. The van der Waals surface area contributed by atoms with Gasteiger partial charge in [-0.25, -0.2) is 4.79 Å². The average molecular weight is 391 g/mol. The van der Waals surface area contributed by atoms with Crippen LogP contribution in [0.4, 0.5) is 4.79 Å². The number of nitriles is 1. The second-order valence-electron chi connectivity index (χ2n) is 7.96. The van der Waals surface area contributed by atoms with Crippen LogP contribution >= 0.6 is 0 Å². The first-order valence-electron chi connectivity index (χ1n) is 9.49. The molecule has 0 spiro atoms. The van der Waals surface area contributed by atoms with Crippen LogP contribution in [0.2, 0.25) is 0 Å². The second kappa shape index (κ2) is 8.95. The van der Waals surface area contributed by atoms with Gasteiger partial charge in [0.15, 0.2) is 0 Å². The molecule has 0 N–H and O–H groups in total. The van der Waals surface area contributed by atoms with Gasteiger partial charge in [0.1, 0.15) is 17.2 Å². The van der Waals surface area contributed by atoms with E-state index >= 15 is 0 Å². The van der Waals surface area contributed by atoms with Crippen LogP contribution in [0.15, 0.2) is 11.8 Å². The second-order valence-corrected chi connectivity index (χ2v) is 7.96. The average Bonchev–Trinajstić information content (AvgIpc) is 2.64. The summed E-state index contributed by atoms with van der Waals surface area (Å²) in [5.41, 5.74) is -0.469. The molecular weight excluding hydrogens is 362 g/mol. The minimum Gasteiger partial charge on any atom is -0.444 e. The van der Waals surface area contributed by atoms with Crippen LogP contribution in [-0.4, -0.2) is 95.5 Å². The van der Waals surface area contributed by atoms with E-state index in [0.717, 1.165) is 0 Å². The normalized spacial score (nSPS) is 18.6. The Bertz CT molecular complexity index is 675. The molecule has 2 saturated heterocycles. The summed E-state index contributed by atoms with van der Waals surface area (Å²) in [6.45, 7) is 10.8. The molecule has 9 nitrogen and oxygen atoms in total. The van der Waals surface area contributed by atoms with Crippen molar-refractivity contribution in [2.24, 2.45) is 0 Å². The fourth-order valence-electron chi connectivity index (χ4n) is 3.07. The van der Waals surface area contributed by atoms with Crippen LogP contribution < -0.4 is 0 Å². The molecule has 9 heteroatoms. The first-order valence-corrected chi connectivity index (χ1v) is 9.49. The predicted octanol–water partition coefficient (Wildman–Crippen LogP) is 0.637. The lowest BCUT2D eigenvalue weighted by Gasteiger charge is -2.36. The highest BCUT2D eigenvalue weighted by molar-refractivity contribution is 5.97. The Morgan fingerprint density at radius 3 is 1.86 bits per heavy atom. The van der Waals surface area contributed by atoms with E-state index in [9.17, 15) is 19.6 Å². The van der Waals surface area contributed by atoms with E-state index < -0.39 is 5.60 Å². The third kappa shape index (κ3) is 5.87. The highest BCUT2D eigenvalue weighted by atomic mass is 16.6. The minimum absolute atomic E-state index is 0.00833. The van der Waals surface area contributed by atoms with Crippen LogP contribution in [0.5, 0.6) is 0 Å². The molecule has 3 amide bonds. The Labute approximate surface area is 166 Å². The van der Waals surface area contributed by atoms with Crippen molar-refractivity contribution in [1.29, 1.82) is 5.26 Å². The maximum atomic E-state index is 12.6. The molecule has 0 aromatic rings. The summed E-state index contributed by atoms with van der Waals surface area (Å²) in [5, 5.41) is 9.42. The SMILES string of the molecule is CC(=O)N1CCN(C(=O)/C(C#N)=C\N2CCN(C(=O)OC(C)(C)C)CC2)CC1. The monoisotopic (exact) mass is 391 g/mol. The van der Waals surface area contributed by atoms with Crippen molar-refractivity contribution >= 4 is 17.9 Å². The molecule has 154 valence electrons. The van der Waals surface area contributed by atoms with Crippen molar-refractivity contribution in [3.63, 3.8) is 0 Å². The highest BCUT2D eigenvalue weighted by Crippen LogP contribution is 2.13.